The Morgan fingerprint density at radius 2 is 1.14 bits per heavy atom. The number of benzene rings is 5. The first kappa shape index (κ1) is 22.2. The van der Waals surface area contributed by atoms with Crippen molar-refractivity contribution in [3.63, 3.8) is 0 Å². The van der Waals surface area contributed by atoms with Gasteiger partial charge in [0.2, 0.25) is 0 Å². The lowest BCUT2D eigenvalue weighted by molar-refractivity contribution is -0.137. The van der Waals surface area contributed by atoms with E-state index < -0.39 is 11.7 Å². The summed E-state index contributed by atoms with van der Waals surface area (Å²) >= 11 is 0. The molecule has 0 bridgehead atoms. The standard InChI is InChI=1S/C32H22F3N/c33-32(34,35)26-15-17-27(18-16-26)36-30-9-5-4-8-28(30)29-21-25(14-19-31(29)36)24-12-10-23(11-13-24)20-22-6-2-1-3-7-22/h1-19,21H,20H2. The molecule has 6 aromatic rings. The van der Waals surface area contributed by atoms with Crippen LogP contribution in [0.3, 0.4) is 0 Å². The molecule has 0 N–H and O–H groups in total. The van der Waals surface area contributed by atoms with Gasteiger partial charge in [-0.1, -0.05) is 78.9 Å². The Hall–Kier alpha value is -4.31. The fraction of sp³-hybridized carbons (Fsp3) is 0.0625. The summed E-state index contributed by atoms with van der Waals surface area (Å²) in [5.74, 6) is 0. The molecule has 1 nitrogen and oxygen atoms in total. The predicted molar refractivity (Wildman–Crippen MR) is 140 cm³/mol. The third-order valence-electron chi connectivity index (χ3n) is 6.66. The normalized spacial score (nSPS) is 11.9. The molecule has 0 spiro atoms. The SMILES string of the molecule is FC(F)(F)c1ccc(-n2c3ccccc3c3cc(-c4ccc(Cc5ccccc5)cc4)ccc32)cc1. The summed E-state index contributed by atoms with van der Waals surface area (Å²) in [6.45, 7) is 0. The van der Waals surface area contributed by atoms with Gasteiger partial charge in [-0.15, -0.1) is 0 Å². The zero-order valence-electron chi connectivity index (χ0n) is 19.3. The Bertz CT molecular complexity index is 1660. The third-order valence-corrected chi connectivity index (χ3v) is 6.66. The minimum atomic E-state index is -4.36. The summed E-state index contributed by atoms with van der Waals surface area (Å²) in [5.41, 5.74) is 6.73. The van der Waals surface area contributed by atoms with E-state index in [1.54, 1.807) is 0 Å². The van der Waals surface area contributed by atoms with Crippen molar-refractivity contribution >= 4 is 21.8 Å². The first-order valence-electron chi connectivity index (χ1n) is 11.8. The maximum Gasteiger partial charge on any atom is 0.416 e. The molecule has 0 aliphatic rings. The van der Waals surface area contributed by atoms with Gasteiger partial charge in [-0.05, 0) is 71.1 Å². The van der Waals surface area contributed by atoms with Crippen molar-refractivity contribution in [2.45, 2.75) is 12.6 Å². The van der Waals surface area contributed by atoms with Gasteiger partial charge in [0.05, 0.1) is 16.6 Å². The highest BCUT2D eigenvalue weighted by Crippen LogP contribution is 2.36. The van der Waals surface area contributed by atoms with Crippen LogP contribution < -0.4 is 0 Å². The van der Waals surface area contributed by atoms with Gasteiger partial charge in [-0.3, -0.25) is 0 Å². The van der Waals surface area contributed by atoms with Gasteiger partial charge in [0, 0.05) is 16.5 Å². The van der Waals surface area contributed by atoms with Gasteiger partial charge in [0.15, 0.2) is 0 Å². The number of alkyl halides is 3. The van der Waals surface area contributed by atoms with Crippen LogP contribution in [0.5, 0.6) is 0 Å². The van der Waals surface area contributed by atoms with Gasteiger partial charge in [0.25, 0.3) is 0 Å². The predicted octanol–water partition coefficient (Wildman–Crippen LogP) is 9.06. The first-order valence-corrected chi connectivity index (χ1v) is 11.8. The first-order chi connectivity index (χ1) is 17.5. The lowest BCUT2D eigenvalue weighted by Crippen LogP contribution is -2.05. The number of hydrogen-bond donors (Lipinski definition) is 0. The molecule has 0 saturated carbocycles. The number of rotatable bonds is 4. The second kappa shape index (κ2) is 8.72. The van der Waals surface area contributed by atoms with E-state index >= 15 is 0 Å². The molecule has 36 heavy (non-hydrogen) atoms. The van der Waals surface area contributed by atoms with Crippen molar-refractivity contribution in [1.29, 1.82) is 0 Å². The van der Waals surface area contributed by atoms with Crippen LogP contribution in [0.1, 0.15) is 16.7 Å². The van der Waals surface area contributed by atoms with Crippen molar-refractivity contribution < 1.29 is 13.2 Å². The third kappa shape index (κ3) is 4.05. The molecule has 0 fully saturated rings. The van der Waals surface area contributed by atoms with Gasteiger partial charge in [-0.25, -0.2) is 0 Å². The Morgan fingerprint density at radius 1 is 0.528 bits per heavy atom. The Morgan fingerprint density at radius 3 is 1.86 bits per heavy atom. The van der Waals surface area contributed by atoms with E-state index in [4.69, 9.17) is 0 Å². The minimum Gasteiger partial charge on any atom is -0.309 e. The van der Waals surface area contributed by atoms with Crippen molar-refractivity contribution in [3.05, 3.63) is 138 Å². The average molecular weight is 478 g/mol. The van der Waals surface area contributed by atoms with E-state index in [1.165, 1.54) is 23.3 Å². The summed E-state index contributed by atoms with van der Waals surface area (Å²) < 4.78 is 41.3. The average Bonchev–Trinajstić information content (AvgIpc) is 3.23. The Kier molecular flexibility index (Phi) is 5.37. The van der Waals surface area contributed by atoms with Crippen LogP contribution in [-0.4, -0.2) is 4.57 Å². The van der Waals surface area contributed by atoms with Crippen LogP contribution in [-0.2, 0) is 12.6 Å². The van der Waals surface area contributed by atoms with E-state index in [9.17, 15) is 13.2 Å². The van der Waals surface area contributed by atoms with E-state index in [2.05, 4.69) is 72.8 Å². The largest absolute Gasteiger partial charge is 0.416 e. The van der Waals surface area contributed by atoms with Crippen LogP contribution in [0.4, 0.5) is 13.2 Å². The molecule has 0 aliphatic heterocycles. The summed E-state index contributed by atoms with van der Waals surface area (Å²) in [7, 11) is 0. The molecule has 0 atom stereocenters. The lowest BCUT2D eigenvalue weighted by Gasteiger charge is -2.11. The molecular formula is C32H22F3N. The Labute approximate surface area is 207 Å². The molecule has 1 aromatic heterocycles. The van der Waals surface area contributed by atoms with Gasteiger partial charge >= 0.3 is 6.18 Å². The van der Waals surface area contributed by atoms with E-state index in [-0.39, 0.29) is 0 Å². The maximum atomic E-state index is 13.1. The molecule has 4 heteroatoms. The topological polar surface area (TPSA) is 4.93 Å². The molecule has 0 aliphatic carbocycles. The summed E-state index contributed by atoms with van der Waals surface area (Å²) in [6.07, 6.45) is -3.47. The molecule has 6 rings (SSSR count). The second-order valence-corrected chi connectivity index (χ2v) is 8.99. The maximum absolute atomic E-state index is 13.1. The number of para-hydroxylation sites is 1. The summed E-state index contributed by atoms with van der Waals surface area (Å²) in [4.78, 5) is 0. The highest BCUT2D eigenvalue weighted by Gasteiger charge is 2.30. The van der Waals surface area contributed by atoms with Crippen molar-refractivity contribution in [1.82, 2.24) is 4.57 Å². The zero-order chi connectivity index (χ0) is 24.7. The molecule has 0 radical (unpaired) electrons. The fourth-order valence-corrected chi connectivity index (χ4v) is 4.88. The fourth-order valence-electron chi connectivity index (χ4n) is 4.88. The smallest absolute Gasteiger partial charge is 0.309 e. The van der Waals surface area contributed by atoms with Crippen LogP contribution in [0.25, 0.3) is 38.6 Å². The number of halogens is 3. The van der Waals surface area contributed by atoms with Crippen molar-refractivity contribution in [2.75, 3.05) is 0 Å². The van der Waals surface area contributed by atoms with Gasteiger partial charge in [0.1, 0.15) is 0 Å². The Balaban J connectivity index is 1.41. The summed E-state index contributed by atoms with van der Waals surface area (Å²) in [5, 5.41) is 2.13. The molecular weight excluding hydrogens is 455 g/mol. The van der Waals surface area contributed by atoms with Crippen molar-refractivity contribution in [2.24, 2.45) is 0 Å². The number of hydrogen-bond acceptors (Lipinski definition) is 0. The highest BCUT2D eigenvalue weighted by atomic mass is 19.4. The molecule has 5 aromatic carbocycles. The molecule has 1 heterocycles. The number of fused-ring (bicyclic) bond motifs is 3. The van der Waals surface area contributed by atoms with Crippen LogP contribution >= 0.6 is 0 Å². The molecule has 0 saturated heterocycles. The van der Waals surface area contributed by atoms with E-state index in [0.29, 0.717) is 5.69 Å². The van der Waals surface area contributed by atoms with Gasteiger partial charge in [-0.2, -0.15) is 13.2 Å². The zero-order valence-corrected chi connectivity index (χ0v) is 19.3. The van der Waals surface area contributed by atoms with Crippen LogP contribution in [0.15, 0.2) is 121 Å². The van der Waals surface area contributed by atoms with E-state index in [0.717, 1.165) is 51.5 Å². The molecule has 0 amide bonds. The molecule has 0 unspecified atom stereocenters. The monoisotopic (exact) mass is 477 g/mol. The highest BCUT2D eigenvalue weighted by molar-refractivity contribution is 6.10. The van der Waals surface area contributed by atoms with Gasteiger partial charge < -0.3 is 4.57 Å². The van der Waals surface area contributed by atoms with E-state index in [1.807, 2.05) is 28.8 Å². The lowest BCUT2D eigenvalue weighted by atomic mass is 9.99. The number of nitrogens with zero attached hydrogens (tertiary/aromatic N) is 1. The van der Waals surface area contributed by atoms with Crippen LogP contribution in [0, 0.1) is 0 Å². The number of aromatic nitrogens is 1. The quantitative estimate of drug-likeness (QED) is 0.239. The summed E-state index contributed by atoms with van der Waals surface area (Å²) in [6, 6.07) is 38.7. The molecule has 176 valence electrons. The second-order valence-electron chi connectivity index (χ2n) is 8.99. The minimum absolute atomic E-state index is 0.648. The van der Waals surface area contributed by atoms with Crippen molar-refractivity contribution in [3.8, 4) is 16.8 Å². The van der Waals surface area contributed by atoms with Crippen LogP contribution in [0.2, 0.25) is 0 Å².